The number of halogens is 2. The normalized spacial score (nSPS) is 10.8. The number of nitriles is 1. The Morgan fingerprint density at radius 1 is 0.950 bits per heavy atom. The van der Waals surface area contributed by atoms with Crippen LogP contribution in [0.25, 0.3) is 11.0 Å². The number of anilines is 3. The molecule has 40 heavy (non-hydrogen) atoms. The van der Waals surface area contributed by atoms with Crippen LogP contribution < -0.4 is 19.7 Å². The highest BCUT2D eigenvalue weighted by Crippen LogP contribution is 2.36. The molecule has 202 valence electrons. The van der Waals surface area contributed by atoms with Gasteiger partial charge in [-0.2, -0.15) is 5.26 Å². The number of nitrogens with zero attached hydrogens (tertiary/aromatic N) is 4. The molecule has 5 rings (SSSR count). The first kappa shape index (κ1) is 26.9. The molecule has 0 aliphatic rings. The lowest BCUT2D eigenvalue weighted by Crippen LogP contribution is -2.22. The van der Waals surface area contributed by atoms with Crippen molar-refractivity contribution in [3.8, 4) is 17.6 Å². The number of rotatable bonds is 9. The highest BCUT2D eigenvalue weighted by molar-refractivity contribution is 6.33. The molecule has 0 spiro atoms. The molecular formula is C31H27ClFN5O2. The SMILES string of the molecule is COc1ccc(CN(Cc2ccc(OC)cc2)c2cc(Nc3c(F)cc(C#N)cc3Cl)cc3c2ncn3C)cc1. The number of nitrogens with one attached hydrogen (secondary N) is 1. The zero-order valence-corrected chi connectivity index (χ0v) is 23.0. The van der Waals surface area contributed by atoms with Crippen LogP contribution in [0, 0.1) is 17.1 Å². The number of aromatic nitrogens is 2. The van der Waals surface area contributed by atoms with Crippen LogP contribution in [0.1, 0.15) is 16.7 Å². The second-order valence-corrected chi connectivity index (χ2v) is 9.73. The average Bonchev–Trinajstić information content (AvgIpc) is 3.35. The summed E-state index contributed by atoms with van der Waals surface area (Å²) in [6.45, 7) is 1.16. The molecule has 0 bridgehead atoms. The van der Waals surface area contributed by atoms with Crippen molar-refractivity contribution in [3.63, 3.8) is 0 Å². The minimum atomic E-state index is -0.607. The highest BCUT2D eigenvalue weighted by atomic mass is 35.5. The van der Waals surface area contributed by atoms with Gasteiger partial charge in [0.05, 0.1) is 54.1 Å². The van der Waals surface area contributed by atoms with Crippen molar-refractivity contribution >= 4 is 39.7 Å². The van der Waals surface area contributed by atoms with E-state index in [1.165, 1.54) is 6.07 Å². The van der Waals surface area contributed by atoms with Gasteiger partial charge in [-0.3, -0.25) is 0 Å². The van der Waals surface area contributed by atoms with Crippen molar-refractivity contribution < 1.29 is 13.9 Å². The fraction of sp³-hybridized carbons (Fsp3) is 0.161. The van der Waals surface area contributed by atoms with E-state index in [1.807, 2.05) is 78.3 Å². The van der Waals surface area contributed by atoms with Crippen molar-refractivity contribution in [2.24, 2.45) is 7.05 Å². The fourth-order valence-corrected chi connectivity index (χ4v) is 4.81. The van der Waals surface area contributed by atoms with Crippen LogP contribution >= 0.6 is 11.6 Å². The lowest BCUT2D eigenvalue weighted by atomic mass is 10.1. The quantitative estimate of drug-likeness (QED) is 0.207. The fourth-order valence-electron chi connectivity index (χ4n) is 4.56. The van der Waals surface area contributed by atoms with Crippen LogP contribution in [0.15, 0.2) is 79.1 Å². The lowest BCUT2D eigenvalue weighted by molar-refractivity contribution is 0.414. The third-order valence-electron chi connectivity index (χ3n) is 6.66. The Kier molecular flexibility index (Phi) is 7.76. The molecule has 1 heterocycles. The summed E-state index contributed by atoms with van der Waals surface area (Å²) in [6.07, 6.45) is 1.76. The minimum Gasteiger partial charge on any atom is -0.497 e. The van der Waals surface area contributed by atoms with E-state index in [9.17, 15) is 4.39 Å². The standard InChI is InChI=1S/C31H27ClFN5O2/c1-37-19-35-31-28(37)14-23(36-30-26(32)12-22(16-34)13-27(30)33)15-29(31)38(17-20-4-8-24(39-2)9-5-20)18-21-6-10-25(40-3)11-7-21/h4-15,19,36H,17-18H2,1-3H3. The summed E-state index contributed by atoms with van der Waals surface area (Å²) in [5.74, 6) is 0.958. The number of ether oxygens (including phenoxy) is 2. The van der Waals surface area contributed by atoms with Crippen LogP contribution in [0.5, 0.6) is 11.5 Å². The van der Waals surface area contributed by atoms with Crippen LogP contribution in [0.2, 0.25) is 5.02 Å². The molecule has 0 radical (unpaired) electrons. The van der Waals surface area contributed by atoms with Crippen molar-refractivity contribution in [1.29, 1.82) is 5.26 Å². The number of benzene rings is 4. The van der Waals surface area contributed by atoms with Crippen LogP contribution in [-0.2, 0) is 20.1 Å². The monoisotopic (exact) mass is 555 g/mol. The molecule has 0 fully saturated rings. The van der Waals surface area contributed by atoms with E-state index in [0.717, 1.165) is 45.4 Å². The van der Waals surface area contributed by atoms with E-state index in [4.69, 9.17) is 31.3 Å². The molecule has 0 saturated carbocycles. The Hall–Kier alpha value is -4.74. The number of hydrogen-bond acceptors (Lipinski definition) is 6. The maximum Gasteiger partial charge on any atom is 0.149 e. The maximum absolute atomic E-state index is 14.9. The Bertz CT molecular complexity index is 1620. The summed E-state index contributed by atoms with van der Waals surface area (Å²) in [6, 6.07) is 24.2. The van der Waals surface area contributed by atoms with E-state index < -0.39 is 5.82 Å². The van der Waals surface area contributed by atoms with Crippen LogP contribution in [0.4, 0.5) is 21.5 Å². The van der Waals surface area contributed by atoms with Gasteiger partial charge in [0.2, 0.25) is 0 Å². The first-order valence-corrected chi connectivity index (χ1v) is 12.9. The molecular weight excluding hydrogens is 529 g/mol. The van der Waals surface area contributed by atoms with Gasteiger partial charge in [-0.1, -0.05) is 35.9 Å². The summed E-state index contributed by atoms with van der Waals surface area (Å²) in [4.78, 5) is 6.92. The number of imidazole rings is 1. The predicted molar refractivity (Wildman–Crippen MR) is 156 cm³/mol. The summed E-state index contributed by atoms with van der Waals surface area (Å²) in [5.41, 5.74) is 5.58. The average molecular weight is 556 g/mol. The summed E-state index contributed by atoms with van der Waals surface area (Å²) < 4.78 is 27.5. The van der Waals surface area contributed by atoms with Crippen molar-refractivity contribution in [2.75, 3.05) is 24.4 Å². The zero-order valence-electron chi connectivity index (χ0n) is 22.3. The van der Waals surface area contributed by atoms with Gasteiger partial charge in [-0.05, 0) is 59.7 Å². The third-order valence-corrected chi connectivity index (χ3v) is 6.95. The van der Waals surface area contributed by atoms with Gasteiger partial charge < -0.3 is 24.3 Å². The van der Waals surface area contributed by atoms with Gasteiger partial charge in [-0.15, -0.1) is 0 Å². The van der Waals surface area contributed by atoms with E-state index in [2.05, 4.69) is 10.2 Å². The molecule has 1 N–H and O–H groups in total. The number of methoxy groups -OCH3 is 2. The third kappa shape index (κ3) is 5.65. The Morgan fingerprint density at radius 2 is 1.55 bits per heavy atom. The van der Waals surface area contributed by atoms with Gasteiger partial charge in [0.1, 0.15) is 22.8 Å². The smallest absolute Gasteiger partial charge is 0.149 e. The molecule has 0 unspecified atom stereocenters. The number of hydrogen-bond donors (Lipinski definition) is 1. The van der Waals surface area contributed by atoms with E-state index in [-0.39, 0.29) is 16.3 Å². The summed E-state index contributed by atoms with van der Waals surface area (Å²) in [7, 11) is 5.20. The van der Waals surface area contributed by atoms with Crippen molar-refractivity contribution in [2.45, 2.75) is 13.1 Å². The Labute approximate surface area is 237 Å². The maximum atomic E-state index is 14.9. The second-order valence-electron chi connectivity index (χ2n) is 9.32. The predicted octanol–water partition coefficient (Wildman–Crippen LogP) is 7.21. The van der Waals surface area contributed by atoms with Gasteiger partial charge in [0.15, 0.2) is 0 Å². The minimum absolute atomic E-state index is 0.102. The lowest BCUT2D eigenvalue weighted by Gasteiger charge is -2.27. The topological polar surface area (TPSA) is 75.3 Å². The van der Waals surface area contributed by atoms with E-state index in [0.29, 0.717) is 18.8 Å². The molecule has 0 amide bonds. The highest BCUT2D eigenvalue weighted by Gasteiger charge is 2.18. The molecule has 1 aromatic heterocycles. The Balaban J connectivity index is 1.59. The molecule has 0 aliphatic carbocycles. The van der Waals surface area contributed by atoms with Gasteiger partial charge >= 0.3 is 0 Å². The molecule has 0 aliphatic heterocycles. The molecule has 5 aromatic rings. The van der Waals surface area contributed by atoms with Crippen molar-refractivity contribution in [1.82, 2.24) is 9.55 Å². The van der Waals surface area contributed by atoms with Gasteiger partial charge in [0.25, 0.3) is 0 Å². The number of aryl methyl sites for hydroxylation is 1. The summed E-state index contributed by atoms with van der Waals surface area (Å²) >= 11 is 6.36. The molecule has 7 nitrogen and oxygen atoms in total. The Morgan fingerprint density at radius 3 is 2.08 bits per heavy atom. The van der Waals surface area contributed by atoms with Gasteiger partial charge in [0, 0.05) is 25.8 Å². The van der Waals surface area contributed by atoms with E-state index >= 15 is 0 Å². The van der Waals surface area contributed by atoms with Crippen molar-refractivity contribution in [3.05, 3.63) is 107 Å². The second kappa shape index (κ2) is 11.6. The zero-order chi connectivity index (χ0) is 28.2. The first-order chi connectivity index (χ1) is 19.4. The largest absolute Gasteiger partial charge is 0.497 e. The van der Waals surface area contributed by atoms with Gasteiger partial charge in [-0.25, -0.2) is 9.37 Å². The number of fused-ring (bicyclic) bond motifs is 1. The molecule has 4 aromatic carbocycles. The molecule has 0 atom stereocenters. The van der Waals surface area contributed by atoms with Crippen LogP contribution in [-0.4, -0.2) is 23.8 Å². The van der Waals surface area contributed by atoms with E-state index in [1.54, 1.807) is 20.5 Å². The molecule has 0 saturated heterocycles. The first-order valence-electron chi connectivity index (χ1n) is 12.5. The molecule has 9 heteroatoms. The summed E-state index contributed by atoms with van der Waals surface area (Å²) in [5, 5.41) is 12.4. The van der Waals surface area contributed by atoms with Crippen LogP contribution in [0.3, 0.4) is 0 Å².